The third-order valence-corrected chi connectivity index (χ3v) is 1.27. The van der Waals surface area contributed by atoms with Crippen LogP contribution in [0.4, 0.5) is 0 Å². The van der Waals surface area contributed by atoms with Gasteiger partial charge in [0.05, 0.1) is 26.4 Å². The van der Waals surface area contributed by atoms with E-state index in [0.29, 0.717) is 33.0 Å². The van der Waals surface area contributed by atoms with Gasteiger partial charge in [-0.2, -0.15) is 0 Å². The Morgan fingerprint density at radius 3 is 2.36 bits per heavy atom. The van der Waals surface area contributed by atoms with E-state index < -0.39 is 6.48 Å². The second-order valence-corrected chi connectivity index (χ2v) is 2.10. The lowest BCUT2D eigenvalue weighted by Gasteiger charge is -2.20. The molecule has 0 unspecified atom stereocenters. The molecule has 66 valence electrons. The van der Waals surface area contributed by atoms with E-state index in [1.54, 1.807) is 0 Å². The van der Waals surface area contributed by atoms with Gasteiger partial charge in [0.25, 0.3) is 6.48 Å². The Morgan fingerprint density at radius 1 is 1.18 bits per heavy atom. The highest BCUT2D eigenvalue weighted by Gasteiger charge is 2.10. The molecule has 0 atom stereocenters. The second-order valence-electron chi connectivity index (χ2n) is 2.10. The molecule has 1 aliphatic rings. The van der Waals surface area contributed by atoms with Crippen LogP contribution >= 0.6 is 0 Å². The van der Waals surface area contributed by atoms with Crippen molar-refractivity contribution in [2.75, 3.05) is 33.0 Å². The lowest BCUT2D eigenvalue weighted by molar-refractivity contribution is -0.301. The first-order chi connectivity index (χ1) is 5.43. The molecule has 0 aromatic heterocycles. The van der Waals surface area contributed by atoms with Gasteiger partial charge < -0.3 is 18.9 Å². The normalized spacial score (nSPS) is 22.6. The minimum Gasteiger partial charge on any atom is -0.377 e. The van der Waals surface area contributed by atoms with Crippen LogP contribution in [0.5, 0.6) is 0 Å². The van der Waals surface area contributed by atoms with Crippen LogP contribution in [0.1, 0.15) is 6.92 Å². The Balaban J connectivity index is 2.15. The third-order valence-electron chi connectivity index (χ3n) is 1.27. The molecule has 1 saturated heterocycles. The van der Waals surface area contributed by atoms with Gasteiger partial charge in [0.15, 0.2) is 0 Å². The molecule has 0 N–H and O–H groups in total. The first-order valence-corrected chi connectivity index (χ1v) is 3.86. The van der Waals surface area contributed by atoms with E-state index in [1.807, 2.05) is 6.92 Å². The summed E-state index contributed by atoms with van der Waals surface area (Å²) in [6.45, 7) is 4.31. The predicted octanol–water partition coefficient (Wildman–Crippen LogP) is 0.370. The zero-order chi connectivity index (χ0) is 7.94. The van der Waals surface area contributed by atoms with Crippen molar-refractivity contribution in [3.05, 3.63) is 0 Å². The fourth-order valence-corrected chi connectivity index (χ4v) is 0.789. The summed E-state index contributed by atoms with van der Waals surface area (Å²) in [6, 6.07) is 0. The fraction of sp³-hybridized carbons (Fsp3) is 1.00. The third kappa shape index (κ3) is 3.67. The van der Waals surface area contributed by atoms with Crippen molar-refractivity contribution >= 4 is 0 Å². The molecule has 0 bridgehead atoms. The highest BCUT2D eigenvalue weighted by molar-refractivity contribution is 4.37. The maximum atomic E-state index is 5.15. The van der Waals surface area contributed by atoms with E-state index in [2.05, 4.69) is 0 Å². The molecule has 0 radical (unpaired) electrons. The average Bonchev–Trinajstić information content (AvgIpc) is 1.94. The van der Waals surface area contributed by atoms with E-state index in [-0.39, 0.29) is 0 Å². The SMILES string of the molecule is CCOC1OCCOCCO1. The van der Waals surface area contributed by atoms with Crippen LogP contribution in [-0.4, -0.2) is 39.5 Å². The van der Waals surface area contributed by atoms with Gasteiger partial charge in [-0.3, -0.25) is 0 Å². The molecular weight excluding hydrogens is 148 g/mol. The first-order valence-electron chi connectivity index (χ1n) is 3.86. The topological polar surface area (TPSA) is 36.9 Å². The maximum absolute atomic E-state index is 5.15. The highest BCUT2D eigenvalue weighted by Crippen LogP contribution is 2.00. The van der Waals surface area contributed by atoms with E-state index >= 15 is 0 Å². The molecule has 4 nitrogen and oxygen atoms in total. The number of rotatable bonds is 2. The number of ether oxygens (including phenoxy) is 4. The van der Waals surface area contributed by atoms with Gasteiger partial charge in [0.2, 0.25) is 0 Å². The molecule has 0 aromatic carbocycles. The van der Waals surface area contributed by atoms with E-state index in [4.69, 9.17) is 18.9 Å². The minimum atomic E-state index is -0.496. The van der Waals surface area contributed by atoms with Gasteiger partial charge in [0, 0.05) is 6.61 Å². The van der Waals surface area contributed by atoms with E-state index in [1.165, 1.54) is 0 Å². The van der Waals surface area contributed by atoms with Crippen molar-refractivity contribution in [2.45, 2.75) is 13.4 Å². The second kappa shape index (κ2) is 5.49. The average molecular weight is 162 g/mol. The Bertz CT molecular complexity index is 88.4. The van der Waals surface area contributed by atoms with E-state index in [0.717, 1.165) is 0 Å². The van der Waals surface area contributed by atoms with Gasteiger partial charge in [0.1, 0.15) is 0 Å². The van der Waals surface area contributed by atoms with E-state index in [9.17, 15) is 0 Å². The van der Waals surface area contributed by atoms with Crippen molar-refractivity contribution in [1.82, 2.24) is 0 Å². The predicted molar refractivity (Wildman–Crippen MR) is 38.1 cm³/mol. The smallest absolute Gasteiger partial charge is 0.271 e. The molecular formula is C7H14O4. The fourth-order valence-electron chi connectivity index (χ4n) is 0.789. The Morgan fingerprint density at radius 2 is 1.82 bits per heavy atom. The molecule has 0 aromatic rings. The summed E-state index contributed by atoms with van der Waals surface area (Å²) >= 11 is 0. The van der Waals surface area contributed by atoms with Gasteiger partial charge in [-0.05, 0) is 6.92 Å². The zero-order valence-electron chi connectivity index (χ0n) is 6.75. The Labute approximate surface area is 66.4 Å². The molecule has 0 spiro atoms. The molecule has 11 heavy (non-hydrogen) atoms. The largest absolute Gasteiger partial charge is 0.377 e. The quantitative estimate of drug-likeness (QED) is 0.588. The van der Waals surface area contributed by atoms with Gasteiger partial charge in [-0.1, -0.05) is 0 Å². The van der Waals surface area contributed by atoms with Crippen LogP contribution in [-0.2, 0) is 18.9 Å². The molecule has 0 saturated carbocycles. The van der Waals surface area contributed by atoms with Crippen LogP contribution < -0.4 is 0 Å². The molecule has 1 rings (SSSR count). The summed E-state index contributed by atoms with van der Waals surface area (Å²) in [4.78, 5) is 0. The van der Waals surface area contributed by atoms with Crippen LogP contribution in [0.2, 0.25) is 0 Å². The molecule has 0 amide bonds. The van der Waals surface area contributed by atoms with Crippen LogP contribution in [0.3, 0.4) is 0 Å². The number of hydrogen-bond donors (Lipinski definition) is 0. The number of hydrogen-bond acceptors (Lipinski definition) is 4. The zero-order valence-corrected chi connectivity index (χ0v) is 6.75. The van der Waals surface area contributed by atoms with Crippen molar-refractivity contribution in [3.8, 4) is 0 Å². The Kier molecular flexibility index (Phi) is 4.45. The molecule has 1 fully saturated rings. The Hall–Kier alpha value is -0.160. The standard InChI is InChI=1S/C7H14O4/c1-2-9-7-10-5-3-8-4-6-11-7/h7H,2-6H2,1H3. The minimum absolute atomic E-state index is 0.496. The lowest BCUT2D eigenvalue weighted by atomic mass is 10.7. The molecule has 0 aliphatic carbocycles. The van der Waals surface area contributed by atoms with Crippen molar-refractivity contribution in [3.63, 3.8) is 0 Å². The summed E-state index contributed by atoms with van der Waals surface area (Å²) < 4.78 is 20.5. The van der Waals surface area contributed by atoms with Crippen LogP contribution in [0, 0.1) is 0 Å². The summed E-state index contributed by atoms with van der Waals surface area (Å²) in [5.74, 6) is 0. The monoisotopic (exact) mass is 162 g/mol. The van der Waals surface area contributed by atoms with Gasteiger partial charge >= 0.3 is 0 Å². The molecule has 4 heteroatoms. The van der Waals surface area contributed by atoms with Gasteiger partial charge in [-0.15, -0.1) is 0 Å². The summed E-state index contributed by atoms with van der Waals surface area (Å²) in [5.41, 5.74) is 0. The van der Waals surface area contributed by atoms with Crippen molar-refractivity contribution < 1.29 is 18.9 Å². The highest BCUT2D eigenvalue weighted by atomic mass is 16.8. The first kappa shape index (κ1) is 8.93. The maximum Gasteiger partial charge on any atom is 0.271 e. The van der Waals surface area contributed by atoms with Gasteiger partial charge in [-0.25, -0.2) is 0 Å². The summed E-state index contributed by atoms with van der Waals surface area (Å²) in [6.07, 6.45) is 0. The van der Waals surface area contributed by atoms with Crippen LogP contribution in [0.25, 0.3) is 0 Å². The van der Waals surface area contributed by atoms with Crippen molar-refractivity contribution in [1.29, 1.82) is 0 Å². The van der Waals surface area contributed by atoms with Crippen molar-refractivity contribution in [2.24, 2.45) is 0 Å². The summed E-state index contributed by atoms with van der Waals surface area (Å²) in [5, 5.41) is 0. The van der Waals surface area contributed by atoms with Crippen LogP contribution in [0.15, 0.2) is 0 Å². The lowest BCUT2D eigenvalue weighted by Crippen LogP contribution is -2.27. The molecule has 1 heterocycles. The molecule has 1 aliphatic heterocycles. The summed E-state index contributed by atoms with van der Waals surface area (Å²) in [7, 11) is 0.